The Bertz CT molecular complexity index is 260. The van der Waals surface area contributed by atoms with Crippen LogP contribution in [0.4, 0.5) is 0 Å². The summed E-state index contributed by atoms with van der Waals surface area (Å²) in [5.74, 6) is -0.875. The van der Waals surface area contributed by atoms with Gasteiger partial charge in [0.05, 0.1) is 0 Å². The molecule has 0 rings (SSSR count). The van der Waals surface area contributed by atoms with Crippen molar-refractivity contribution in [1.29, 1.82) is 0 Å². The molecule has 0 spiro atoms. The zero-order valence-electron chi connectivity index (χ0n) is 9.23. The van der Waals surface area contributed by atoms with Crippen molar-refractivity contribution in [2.75, 3.05) is 12.0 Å². The molecule has 2 amide bonds. The van der Waals surface area contributed by atoms with Crippen LogP contribution in [-0.2, 0) is 14.4 Å². The van der Waals surface area contributed by atoms with Gasteiger partial charge in [0.1, 0.15) is 12.1 Å². The molecule has 16 heavy (non-hydrogen) atoms. The number of nitrogens with one attached hydrogen (secondary N) is 2. The number of carboxylic acid groups (broad SMARTS) is 1. The molecule has 0 unspecified atom stereocenters. The number of hydrogen-bond acceptors (Lipinski definition) is 4. The molecule has 0 aromatic rings. The molecular formula is C9H16N2O4S. The molecule has 92 valence electrons. The molecule has 0 aromatic heterocycles. The van der Waals surface area contributed by atoms with Crippen LogP contribution in [0.5, 0.6) is 0 Å². The van der Waals surface area contributed by atoms with Crippen LogP contribution in [0.1, 0.15) is 13.3 Å². The SMILES string of the molecule is CSCC[C@@H](NC=O)C(=O)N[C@@H](C)C(=O)O. The van der Waals surface area contributed by atoms with E-state index in [-0.39, 0.29) is 0 Å². The standard InChI is InChI=1S/C9H16N2O4S/c1-6(9(14)15)11-8(13)7(10-5-12)3-4-16-2/h5-7H,3-4H2,1-2H3,(H,10,12)(H,11,13)(H,14,15)/t6-,7+/m0/s1. The Morgan fingerprint density at radius 1 is 1.50 bits per heavy atom. The lowest BCUT2D eigenvalue weighted by molar-refractivity contribution is -0.141. The van der Waals surface area contributed by atoms with Gasteiger partial charge in [-0.2, -0.15) is 11.8 Å². The Labute approximate surface area is 98.2 Å². The summed E-state index contributed by atoms with van der Waals surface area (Å²) in [6.45, 7) is 1.37. The van der Waals surface area contributed by atoms with Crippen molar-refractivity contribution in [3.05, 3.63) is 0 Å². The number of carbonyl (C=O) groups is 3. The van der Waals surface area contributed by atoms with Gasteiger partial charge in [0, 0.05) is 0 Å². The van der Waals surface area contributed by atoms with Gasteiger partial charge in [-0.05, 0) is 25.4 Å². The molecule has 3 N–H and O–H groups in total. The van der Waals surface area contributed by atoms with E-state index in [1.165, 1.54) is 6.92 Å². The molecule has 0 fully saturated rings. The fourth-order valence-corrected chi connectivity index (χ4v) is 1.46. The molecule has 0 saturated heterocycles. The monoisotopic (exact) mass is 248 g/mol. The summed E-state index contributed by atoms with van der Waals surface area (Å²) < 4.78 is 0. The smallest absolute Gasteiger partial charge is 0.325 e. The average Bonchev–Trinajstić information content (AvgIpc) is 2.23. The van der Waals surface area contributed by atoms with E-state index in [1.807, 2.05) is 6.26 Å². The van der Waals surface area contributed by atoms with Crippen molar-refractivity contribution in [2.45, 2.75) is 25.4 Å². The summed E-state index contributed by atoms with van der Waals surface area (Å²) in [6.07, 6.45) is 2.80. The van der Waals surface area contributed by atoms with Crippen molar-refractivity contribution in [2.24, 2.45) is 0 Å². The van der Waals surface area contributed by atoms with Gasteiger partial charge in [-0.15, -0.1) is 0 Å². The molecule has 6 nitrogen and oxygen atoms in total. The van der Waals surface area contributed by atoms with Crippen molar-refractivity contribution in [1.82, 2.24) is 10.6 Å². The van der Waals surface area contributed by atoms with Crippen LogP contribution in [0, 0.1) is 0 Å². The molecule has 0 saturated carbocycles. The second-order valence-electron chi connectivity index (χ2n) is 3.19. The summed E-state index contributed by atoms with van der Waals surface area (Å²) in [5.41, 5.74) is 0. The number of thioether (sulfide) groups is 1. The van der Waals surface area contributed by atoms with Gasteiger partial charge in [-0.1, -0.05) is 0 Å². The van der Waals surface area contributed by atoms with Crippen molar-refractivity contribution in [3.8, 4) is 0 Å². The molecule has 0 aliphatic heterocycles. The summed E-state index contributed by atoms with van der Waals surface area (Å²) in [6, 6.07) is -1.63. The van der Waals surface area contributed by atoms with E-state index in [0.717, 1.165) is 0 Å². The molecule has 2 atom stereocenters. The topological polar surface area (TPSA) is 95.5 Å². The number of amides is 2. The average molecular weight is 248 g/mol. The Balaban J connectivity index is 4.25. The first kappa shape index (κ1) is 14.8. The van der Waals surface area contributed by atoms with E-state index in [2.05, 4.69) is 10.6 Å². The van der Waals surface area contributed by atoms with Crippen molar-refractivity contribution >= 4 is 30.0 Å². The van der Waals surface area contributed by atoms with Gasteiger partial charge in [-0.25, -0.2) is 0 Å². The van der Waals surface area contributed by atoms with E-state index in [0.29, 0.717) is 18.6 Å². The summed E-state index contributed by atoms with van der Waals surface area (Å²) in [7, 11) is 0. The van der Waals surface area contributed by atoms with Gasteiger partial charge in [-0.3, -0.25) is 14.4 Å². The summed E-state index contributed by atoms with van der Waals surface area (Å²) >= 11 is 1.55. The predicted octanol–water partition coefficient (Wildman–Crippen LogP) is -0.557. The van der Waals surface area contributed by atoms with Crippen molar-refractivity contribution < 1.29 is 19.5 Å². The van der Waals surface area contributed by atoms with Crippen LogP contribution >= 0.6 is 11.8 Å². The Hall–Kier alpha value is -1.24. The fourth-order valence-electron chi connectivity index (χ4n) is 0.984. The number of aliphatic carboxylic acids is 1. The van der Waals surface area contributed by atoms with Crippen LogP contribution in [0.25, 0.3) is 0 Å². The largest absolute Gasteiger partial charge is 0.480 e. The van der Waals surface area contributed by atoms with Crippen LogP contribution < -0.4 is 10.6 Å². The van der Waals surface area contributed by atoms with E-state index in [9.17, 15) is 14.4 Å². The first-order valence-corrected chi connectivity index (χ1v) is 6.14. The molecule has 0 aliphatic carbocycles. The lowest BCUT2D eigenvalue weighted by Crippen LogP contribution is -2.49. The van der Waals surface area contributed by atoms with Crippen LogP contribution in [-0.4, -0.2) is 47.5 Å². The van der Waals surface area contributed by atoms with Crippen molar-refractivity contribution in [3.63, 3.8) is 0 Å². The first-order valence-electron chi connectivity index (χ1n) is 4.74. The third kappa shape index (κ3) is 5.59. The van der Waals surface area contributed by atoms with Gasteiger partial charge in [0.25, 0.3) is 0 Å². The highest BCUT2D eigenvalue weighted by Gasteiger charge is 2.21. The molecular weight excluding hydrogens is 232 g/mol. The fraction of sp³-hybridized carbons (Fsp3) is 0.667. The highest BCUT2D eigenvalue weighted by atomic mass is 32.2. The lowest BCUT2D eigenvalue weighted by Gasteiger charge is -2.17. The number of hydrogen-bond donors (Lipinski definition) is 3. The minimum absolute atomic E-state index is 0.440. The first-order chi connectivity index (χ1) is 7.52. The molecule has 0 aromatic carbocycles. The number of carbonyl (C=O) groups excluding carboxylic acids is 2. The van der Waals surface area contributed by atoms with Gasteiger partial charge in [0.15, 0.2) is 0 Å². The third-order valence-electron chi connectivity index (χ3n) is 1.93. The van der Waals surface area contributed by atoms with E-state index in [1.54, 1.807) is 11.8 Å². The summed E-state index contributed by atoms with van der Waals surface area (Å²) in [4.78, 5) is 32.4. The van der Waals surface area contributed by atoms with Crippen LogP contribution in [0.15, 0.2) is 0 Å². The highest BCUT2D eigenvalue weighted by molar-refractivity contribution is 7.98. The van der Waals surface area contributed by atoms with Crippen LogP contribution in [0.2, 0.25) is 0 Å². The number of rotatable bonds is 8. The Kier molecular flexibility index (Phi) is 7.36. The quantitative estimate of drug-likeness (QED) is 0.501. The van der Waals surface area contributed by atoms with Gasteiger partial charge >= 0.3 is 5.97 Å². The molecule has 0 aliphatic rings. The van der Waals surface area contributed by atoms with E-state index >= 15 is 0 Å². The molecule has 7 heteroatoms. The normalized spacial score (nSPS) is 13.6. The predicted molar refractivity (Wildman–Crippen MR) is 61.2 cm³/mol. The molecule has 0 bridgehead atoms. The Morgan fingerprint density at radius 2 is 2.12 bits per heavy atom. The minimum Gasteiger partial charge on any atom is -0.480 e. The number of carboxylic acids is 1. The molecule has 0 heterocycles. The maximum absolute atomic E-state index is 11.5. The second kappa shape index (κ2) is 7.98. The highest BCUT2D eigenvalue weighted by Crippen LogP contribution is 2.01. The zero-order chi connectivity index (χ0) is 12.6. The second-order valence-corrected chi connectivity index (χ2v) is 4.17. The van der Waals surface area contributed by atoms with E-state index < -0.39 is 24.0 Å². The van der Waals surface area contributed by atoms with Gasteiger partial charge < -0.3 is 15.7 Å². The molecule has 0 radical (unpaired) electrons. The van der Waals surface area contributed by atoms with Gasteiger partial charge in [0.2, 0.25) is 12.3 Å². The Morgan fingerprint density at radius 3 is 2.56 bits per heavy atom. The lowest BCUT2D eigenvalue weighted by atomic mass is 10.2. The third-order valence-corrected chi connectivity index (χ3v) is 2.57. The summed E-state index contributed by atoms with van der Waals surface area (Å²) in [5, 5.41) is 13.3. The zero-order valence-corrected chi connectivity index (χ0v) is 10.0. The minimum atomic E-state index is -1.11. The maximum atomic E-state index is 11.5. The van der Waals surface area contributed by atoms with E-state index in [4.69, 9.17) is 5.11 Å². The van der Waals surface area contributed by atoms with Crippen LogP contribution in [0.3, 0.4) is 0 Å². The maximum Gasteiger partial charge on any atom is 0.325 e.